The molecule has 1 aromatic carbocycles. The Hall–Kier alpha value is -1.64. The van der Waals surface area contributed by atoms with E-state index in [9.17, 15) is 9.59 Å². The number of hydrogen-bond donors (Lipinski definition) is 1. The number of carbonyl (C=O) groups is 2. The van der Waals surface area contributed by atoms with E-state index in [1.54, 1.807) is 12.1 Å². The summed E-state index contributed by atoms with van der Waals surface area (Å²) in [4.78, 5) is 22.4. The Morgan fingerprint density at radius 3 is 2.14 bits per heavy atom. The van der Waals surface area contributed by atoms with Gasteiger partial charge in [0.15, 0.2) is 5.78 Å². The topological polar surface area (TPSA) is 60.2 Å². The van der Waals surface area contributed by atoms with Crippen LogP contribution in [0.2, 0.25) is 0 Å². The molecule has 0 aliphatic heterocycles. The van der Waals surface area contributed by atoms with Crippen LogP contribution in [0.15, 0.2) is 24.3 Å². The van der Waals surface area contributed by atoms with Gasteiger partial charge in [-0.05, 0) is 13.8 Å². The molecule has 0 saturated carbocycles. The van der Waals surface area contributed by atoms with Crippen LogP contribution in [-0.4, -0.2) is 11.7 Å². The predicted octanol–water partition coefficient (Wildman–Crippen LogP) is 1.30. The number of benzene rings is 1. The van der Waals surface area contributed by atoms with Gasteiger partial charge in [0.1, 0.15) is 0 Å². The average Bonchev–Trinajstić information content (AvgIpc) is 2.16. The molecule has 0 bridgehead atoms. The summed E-state index contributed by atoms with van der Waals surface area (Å²) >= 11 is 0. The van der Waals surface area contributed by atoms with E-state index < -0.39 is 11.8 Å². The van der Waals surface area contributed by atoms with Crippen LogP contribution in [0.1, 0.15) is 22.8 Å². The highest BCUT2D eigenvalue weighted by molar-refractivity contribution is 6.09. The van der Waals surface area contributed by atoms with E-state index >= 15 is 0 Å². The fourth-order valence-corrected chi connectivity index (χ4v) is 1.10. The molecule has 3 heteroatoms. The van der Waals surface area contributed by atoms with Gasteiger partial charge in [0.05, 0.1) is 5.92 Å². The van der Waals surface area contributed by atoms with Crippen molar-refractivity contribution < 1.29 is 9.59 Å². The van der Waals surface area contributed by atoms with E-state index in [0.717, 1.165) is 5.56 Å². The molecule has 1 amide bonds. The fourth-order valence-electron chi connectivity index (χ4n) is 1.10. The number of rotatable bonds is 3. The lowest BCUT2D eigenvalue weighted by Crippen LogP contribution is -2.27. The van der Waals surface area contributed by atoms with Gasteiger partial charge in [-0.1, -0.05) is 29.8 Å². The summed E-state index contributed by atoms with van der Waals surface area (Å²) in [5.41, 5.74) is 6.65. The van der Waals surface area contributed by atoms with Crippen molar-refractivity contribution in [3.63, 3.8) is 0 Å². The lowest BCUT2D eigenvalue weighted by molar-refractivity contribution is -0.119. The lowest BCUT2D eigenvalue weighted by Gasteiger charge is -2.05. The number of ketones is 1. The molecule has 1 atom stereocenters. The third kappa shape index (κ3) is 2.19. The van der Waals surface area contributed by atoms with E-state index in [2.05, 4.69) is 0 Å². The molecule has 0 radical (unpaired) electrons. The first kappa shape index (κ1) is 10.4. The molecule has 0 aliphatic rings. The summed E-state index contributed by atoms with van der Waals surface area (Å²) in [6.07, 6.45) is 0. The van der Waals surface area contributed by atoms with Gasteiger partial charge in [0, 0.05) is 5.56 Å². The zero-order chi connectivity index (χ0) is 10.7. The van der Waals surface area contributed by atoms with Crippen LogP contribution in [-0.2, 0) is 4.79 Å². The minimum atomic E-state index is -0.752. The van der Waals surface area contributed by atoms with E-state index in [-0.39, 0.29) is 5.78 Å². The largest absolute Gasteiger partial charge is 0.369 e. The van der Waals surface area contributed by atoms with E-state index in [0.29, 0.717) is 5.56 Å². The van der Waals surface area contributed by atoms with Gasteiger partial charge in [-0.2, -0.15) is 0 Å². The van der Waals surface area contributed by atoms with Crippen LogP contribution in [0, 0.1) is 12.8 Å². The zero-order valence-electron chi connectivity index (χ0n) is 8.28. The molecule has 3 nitrogen and oxygen atoms in total. The van der Waals surface area contributed by atoms with E-state index in [4.69, 9.17) is 5.73 Å². The lowest BCUT2D eigenvalue weighted by atomic mass is 9.98. The molecule has 1 aromatic rings. The summed E-state index contributed by atoms with van der Waals surface area (Å²) in [6.45, 7) is 3.45. The van der Waals surface area contributed by atoms with Gasteiger partial charge in [-0.15, -0.1) is 0 Å². The number of carbonyl (C=O) groups excluding carboxylic acids is 2. The monoisotopic (exact) mass is 191 g/mol. The second-order valence-corrected chi connectivity index (χ2v) is 3.35. The number of primary amides is 1. The van der Waals surface area contributed by atoms with Crippen LogP contribution in [0.3, 0.4) is 0 Å². The van der Waals surface area contributed by atoms with Crippen molar-refractivity contribution in [2.45, 2.75) is 13.8 Å². The number of hydrogen-bond acceptors (Lipinski definition) is 2. The van der Waals surface area contributed by atoms with Crippen molar-refractivity contribution in [2.24, 2.45) is 11.7 Å². The Labute approximate surface area is 82.9 Å². The molecule has 0 fully saturated rings. The molecule has 0 spiro atoms. The first-order chi connectivity index (χ1) is 6.52. The van der Waals surface area contributed by atoms with Gasteiger partial charge in [-0.3, -0.25) is 9.59 Å². The Morgan fingerprint density at radius 1 is 1.21 bits per heavy atom. The van der Waals surface area contributed by atoms with Gasteiger partial charge in [0.2, 0.25) is 5.91 Å². The van der Waals surface area contributed by atoms with Crippen LogP contribution in [0.25, 0.3) is 0 Å². The van der Waals surface area contributed by atoms with E-state index in [1.807, 2.05) is 19.1 Å². The number of amides is 1. The van der Waals surface area contributed by atoms with Gasteiger partial charge < -0.3 is 5.73 Å². The summed E-state index contributed by atoms with van der Waals surface area (Å²) in [5, 5.41) is 0. The van der Waals surface area contributed by atoms with Crippen molar-refractivity contribution in [1.82, 2.24) is 0 Å². The number of aryl methyl sites for hydroxylation is 1. The molecule has 0 heterocycles. The zero-order valence-corrected chi connectivity index (χ0v) is 8.28. The summed E-state index contributed by atoms with van der Waals surface area (Å²) in [7, 11) is 0. The minimum Gasteiger partial charge on any atom is -0.369 e. The maximum Gasteiger partial charge on any atom is 0.228 e. The molecular weight excluding hydrogens is 178 g/mol. The Balaban J connectivity index is 2.90. The van der Waals surface area contributed by atoms with E-state index in [1.165, 1.54) is 6.92 Å². The van der Waals surface area contributed by atoms with Crippen LogP contribution < -0.4 is 5.73 Å². The Kier molecular flexibility index (Phi) is 3.02. The van der Waals surface area contributed by atoms with Crippen molar-refractivity contribution in [1.29, 1.82) is 0 Å². The standard InChI is InChI=1S/C11H13NO2/c1-7-3-5-9(6-4-7)10(13)8(2)11(12)14/h3-6,8H,1-2H3,(H2,12,14). The van der Waals surface area contributed by atoms with Crippen molar-refractivity contribution in [3.05, 3.63) is 35.4 Å². The Bertz CT molecular complexity index is 354. The maximum atomic E-state index is 11.6. The maximum absolute atomic E-state index is 11.6. The summed E-state index contributed by atoms with van der Waals surface area (Å²) in [5.74, 6) is -1.56. The Morgan fingerprint density at radius 2 is 1.71 bits per heavy atom. The van der Waals surface area contributed by atoms with Crippen molar-refractivity contribution in [3.8, 4) is 0 Å². The third-order valence-electron chi connectivity index (χ3n) is 2.16. The first-order valence-corrected chi connectivity index (χ1v) is 4.42. The smallest absolute Gasteiger partial charge is 0.228 e. The van der Waals surface area contributed by atoms with Gasteiger partial charge in [0.25, 0.3) is 0 Å². The number of Topliss-reactive ketones (excluding diaryl/α,β-unsaturated/α-hetero) is 1. The highest BCUT2D eigenvalue weighted by atomic mass is 16.2. The van der Waals surface area contributed by atoms with Gasteiger partial charge in [-0.25, -0.2) is 0 Å². The highest BCUT2D eigenvalue weighted by Gasteiger charge is 2.19. The first-order valence-electron chi connectivity index (χ1n) is 4.42. The fraction of sp³-hybridized carbons (Fsp3) is 0.273. The van der Waals surface area contributed by atoms with Crippen molar-refractivity contribution in [2.75, 3.05) is 0 Å². The van der Waals surface area contributed by atoms with Gasteiger partial charge >= 0.3 is 0 Å². The molecule has 74 valence electrons. The highest BCUT2D eigenvalue weighted by Crippen LogP contribution is 2.09. The molecule has 2 N–H and O–H groups in total. The molecule has 0 saturated heterocycles. The molecular formula is C11H13NO2. The van der Waals surface area contributed by atoms with Crippen LogP contribution in [0.5, 0.6) is 0 Å². The SMILES string of the molecule is Cc1ccc(C(=O)C(C)C(N)=O)cc1. The summed E-state index contributed by atoms with van der Waals surface area (Å²) in [6, 6.07) is 7.08. The molecule has 0 aromatic heterocycles. The third-order valence-corrected chi connectivity index (χ3v) is 2.16. The quantitative estimate of drug-likeness (QED) is 0.578. The molecule has 1 rings (SSSR count). The van der Waals surface area contributed by atoms with Crippen LogP contribution in [0.4, 0.5) is 0 Å². The molecule has 14 heavy (non-hydrogen) atoms. The second kappa shape index (κ2) is 4.05. The predicted molar refractivity (Wildman–Crippen MR) is 53.9 cm³/mol. The normalized spacial score (nSPS) is 12.1. The number of nitrogens with two attached hydrogens (primary N) is 1. The molecule has 0 aliphatic carbocycles. The van der Waals surface area contributed by atoms with Crippen LogP contribution >= 0.6 is 0 Å². The average molecular weight is 191 g/mol. The minimum absolute atomic E-state index is 0.225. The van der Waals surface area contributed by atoms with Crippen molar-refractivity contribution >= 4 is 11.7 Å². The summed E-state index contributed by atoms with van der Waals surface area (Å²) < 4.78 is 0. The second-order valence-electron chi connectivity index (χ2n) is 3.35. The molecule has 1 unspecified atom stereocenters.